The smallest absolute Gasteiger partial charge is 0.0897 e. The summed E-state index contributed by atoms with van der Waals surface area (Å²) in [5.41, 5.74) is -1.28. The van der Waals surface area contributed by atoms with E-state index in [9.17, 15) is 10.2 Å². The van der Waals surface area contributed by atoms with Crippen LogP contribution in [-0.2, 0) is 4.74 Å². The predicted octanol–water partition coefficient (Wildman–Crippen LogP) is 1.30. The first-order chi connectivity index (χ1) is 7.70. The van der Waals surface area contributed by atoms with Crippen molar-refractivity contribution in [3.05, 3.63) is 0 Å². The Morgan fingerprint density at radius 3 is 2.29 bits per heavy atom. The number of ether oxygens (including phenoxy) is 1. The average molecular weight is 247 g/mol. The van der Waals surface area contributed by atoms with E-state index in [1.165, 1.54) is 0 Å². The van der Waals surface area contributed by atoms with Gasteiger partial charge in [0.1, 0.15) is 0 Å². The summed E-state index contributed by atoms with van der Waals surface area (Å²) in [5.74, 6) is 0. The molecule has 17 heavy (non-hydrogen) atoms. The summed E-state index contributed by atoms with van der Waals surface area (Å²) < 4.78 is 5.33. The highest BCUT2D eigenvalue weighted by Crippen LogP contribution is 2.20. The molecule has 0 saturated carbocycles. The van der Waals surface area contributed by atoms with Crippen LogP contribution in [0.4, 0.5) is 0 Å². The molecule has 0 aliphatic rings. The van der Waals surface area contributed by atoms with Gasteiger partial charge in [-0.3, -0.25) is 0 Å². The van der Waals surface area contributed by atoms with Crippen LogP contribution in [0.25, 0.3) is 0 Å². The van der Waals surface area contributed by atoms with Crippen molar-refractivity contribution in [2.24, 2.45) is 0 Å². The number of rotatable bonds is 9. The number of aliphatic hydroxyl groups excluding tert-OH is 1. The molecule has 4 nitrogen and oxygen atoms in total. The first kappa shape index (κ1) is 16.8. The lowest BCUT2D eigenvalue weighted by Crippen LogP contribution is -2.57. The summed E-state index contributed by atoms with van der Waals surface area (Å²) in [5, 5.41) is 22.8. The van der Waals surface area contributed by atoms with Gasteiger partial charge in [0.2, 0.25) is 0 Å². The number of unbranched alkanes of at least 4 members (excludes halogenated alkanes) is 1. The van der Waals surface area contributed by atoms with Gasteiger partial charge in [0.15, 0.2) is 0 Å². The van der Waals surface area contributed by atoms with Crippen LogP contribution in [0.3, 0.4) is 0 Å². The highest BCUT2D eigenvalue weighted by molar-refractivity contribution is 4.93. The summed E-state index contributed by atoms with van der Waals surface area (Å²) in [6.07, 6.45) is 1.59. The lowest BCUT2D eigenvalue weighted by atomic mass is 9.86. The monoisotopic (exact) mass is 247 g/mol. The minimum Gasteiger partial charge on any atom is -0.389 e. The van der Waals surface area contributed by atoms with E-state index in [-0.39, 0.29) is 0 Å². The van der Waals surface area contributed by atoms with Gasteiger partial charge in [0, 0.05) is 18.7 Å². The van der Waals surface area contributed by atoms with E-state index >= 15 is 0 Å². The topological polar surface area (TPSA) is 61.7 Å². The van der Waals surface area contributed by atoms with Gasteiger partial charge in [-0.15, -0.1) is 0 Å². The molecule has 0 aromatic rings. The van der Waals surface area contributed by atoms with Gasteiger partial charge >= 0.3 is 0 Å². The van der Waals surface area contributed by atoms with E-state index in [0.717, 1.165) is 12.8 Å². The zero-order valence-electron chi connectivity index (χ0n) is 11.9. The normalized spacial score (nSPS) is 15.0. The molecular formula is C13H29NO3. The fraction of sp³-hybridized carbons (Fsp3) is 1.00. The van der Waals surface area contributed by atoms with E-state index in [4.69, 9.17) is 4.74 Å². The van der Waals surface area contributed by atoms with Crippen molar-refractivity contribution in [1.29, 1.82) is 0 Å². The molecule has 0 aliphatic heterocycles. The van der Waals surface area contributed by atoms with Crippen molar-refractivity contribution in [2.45, 2.75) is 64.7 Å². The average Bonchev–Trinajstić information content (AvgIpc) is 2.20. The summed E-state index contributed by atoms with van der Waals surface area (Å²) in [7, 11) is 0. The van der Waals surface area contributed by atoms with Crippen LogP contribution in [0.5, 0.6) is 0 Å². The molecule has 1 atom stereocenters. The molecule has 0 amide bonds. The SMILES string of the molecule is CCCCOCC(O)CNC(C)(C)C(C)(C)O. The Balaban J connectivity index is 3.80. The minimum atomic E-state index is -0.838. The standard InChI is InChI=1S/C13H29NO3/c1-6-7-8-17-10-11(15)9-14-12(2,3)13(4,5)16/h11,14-16H,6-10H2,1-5H3. The Labute approximate surface area is 105 Å². The number of β-amino-alcohol motifs (C(OH)–C–C–N with tert-alkyl or cyclic N) is 1. The number of hydrogen-bond acceptors (Lipinski definition) is 4. The molecule has 104 valence electrons. The molecule has 0 rings (SSSR count). The number of aliphatic hydroxyl groups is 2. The van der Waals surface area contributed by atoms with E-state index in [1.807, 2.05) is 13.8 Å². The van der Waals surface area contributed by atoms with Crippen molar-refractivity contribution < 1.29 is 14.9 Å². The molecule has 0 aromatic carbocycles. The Bertz CT molecular complexity index is 199. The molecule has 0 saturated heterocycles. The lowest BCUT2D eigenvalue weighted by molar-refractivity contribution is -0.0178. The van der Waals surface area contributed by atoms with Gasteiger partial charge in [-0.1, -0.05) is 13.3 Å². The van der Waals surface area contributed by atoms with Crippen molar-refractivity contribution in [3.63, 3.8) is 0 Å². The molecule has 1 unspecified atom stereocenters. The van der Waals surface area contributed by atoms with Crippen LogP contribution < -0.4 is 5.32 Å². The maximum atomic E-state index is 9.93. The third kappa shape index (κ3) is 6.99. The molecule has 0 bridgehead atoms. The van der Waals surface area contributed by atoms with Crippen LogP contribution in [-0.4, -0.2) is 47.2 Å². The van der Waals surface area contributed by atoms with E-state index in [0.29, 0.717) is 19.8 Å². The van der Waals surface area contributed by atoms with Crippen molar-refractivity contribution in [1.82, 2.24) is 5.32 Å². The van der Waals surface area contributed by atoms with Crippen molar-refractivity contribution in [2.75, 3.05) is 19.8 Å². The highest BCUT2D eigenvalue weighted by atomic mass is 16.5. The van der Waals surface area contributed by atoms with Gasteiger partial charge in [-0.25, -0.2) is 0 Å². The number of nitrogens with one attached hydrogen (secondary N) is 1. The molecule has 0 aromatic heterocycles. The first-order valence-electron chi connectivity index (χ1n) is 6.44. The van der Waals surface area contributed by atoms with E-state index < -0.39 is 17.2 Å². The number of hydrogen-bond donors (Lipinski definition) is 3. The fourth-order valence-corrected chi connectivity index (χ4v) is 1.11. The van der Waals surface area contributed by atoms with Crippen LogP contribution in [0, 0.1) is 0 Å². The summed E-state index contributed by atoms with van der Waals surface area (Å²) in [6.45, 7) is 10.9. The second-order valence-corrected chi connectivity index (χ2v) is 5.65. The summed E-state index contributed by atoms with van der Waals surface area (Å²) in [4.78, 5) is 0. The quantitative estimate of drug-likeness (QED) is 0.538. The maximum absolute atomic E-state index is 9.93. The molecule has 0 spiro atoms. The van der Waals surface area contributed by atoms with Gasteiger partial charge < -0.3 is 20.3 Å². The maximum Gasteiger partial charge on any atom is 0.0897 e. The molecule has 0 heterocycles. The molecule has 0 radical (unpaired) electrons. The molecule has 3 N–H and O–H groups in total. The summed E-state index contributed by atoms with van der Waals surface area (Å²) in [6, 6.07) is 0. The van der Waals surface area contributed by atoms with E-state index in [1.54, 1.807) is 13.8 Å². The van der Waals surface area contributed by atoms with Crippen LogP contribution in [0.2, 0.25) is 0 Å². The molecule has 0 fully saturated rings. The Morgan fingerprint density at radius 2 is 1.82 bits per heavy atom. The van der Waals surface area contributed by atoms with Crippen LogP contribution >= 0.6 is 0 Å². The Kier molecular flexibility index (Phi) is 7.24. The second-order valence-electron chi connectivity index (χ2n) is 5.65. The summed E-state index contributed by atoms with van der Waals surface area (Å²) >= 11 is 0. The van der Waals surface area contributed by atoms with Gasteiger partial charge in [0.25, 0.3) is 0 Å². The van der Waals surface area contributed by atoms with E-state index in [2.05, 4.69) is 12.2 Å². The van der Waals surface area contributed by atoms with Gasteiger partial charge in [-0.05, 0) is 34.1 Å². The zero-order chi connectivity index (χ0) is 13.5. The third-order valence-electron chi connectivity index (χ3n) is 3.26. The Morgan fingerprint density at radius 1 is 1.24 bits per heavy atom. The Hall–Kier alpha value is -0.160. The van der Waals surface area contributed by atoms with Crippen molar-refractivity contribution in [3.8, 4) is 0 Å². The van der Waals surface area contributed by atoms with Gasteiger partial charge in [-0.2, -0.15) is 0 Å². The zero-order valence-corrected chi connectivity index (χ0v) is 11.9. The van der Waals surface area contributed by atoms with Crippen LogP contribution in [0.15, 0.2) is 0 Å². The van der Waals surface area contributed by atoms with Gasteiger partial charge in [0.05, 0.1) is 18.3 Å². The van der Waals surface area contributed by atoms with Crippen molar-refractivity contribution >= 4 is 0 Å². The molecule has 4 heteroatoms. The largest absolute Gasteiger partial charge is 0.389 e. The fourth-order valence-electron chi connectivity index (χ4n) is 1.11. The highest BCUT2D eigenvalue weighted by Gasteiger charge is 2.34. The first-order valence-corrected chi connectivity index (χ1v) is 6.44. The van der Waals surface area contributed by atoms with Crippen LogP contribution in [0.1, 0.15) is 47.5 Å². The molecular weight excluding hydrogens is 218 g/mol. The lowest BCUT2D eigenvalue weighted by Gasteiger charge is -2.38. The second kappa shape index (κ2) is 7.31. The molecule has 0 aliphatic carbocycles. The predicted molar refractivity (Wildman–Crippen MR) is 70.1 cm³/mol. The minimum absolute atomic E-state index is 0.342. The third-order valence-corrected chi connectivity index (χ3v) is 3.26.